The van der Waals surface area contributed by atoms with Crippen LogP contribution >= 0.6 is 0 Å². The molecule has 1 aromatic heterocycles. The van der Waals surface area contributed by atoms with E-state index < -0.39 is 11.4 Å². The van der Waals surface area contributed by atoms with Crippen LogP contribution in [-0.2, 0) is 17.8 Å². The number of amides is 3. The second-order valence-corrected chi connectivity index (χ2v) is 9.37. The topological polar surface area (TPSA) is 106 Å². The Labute approximate surface area is 199 Å². The highest BCUT2D eigenvalue weighted by Crippen LogP contribution is 2.28. The van der Waals surface area contributed by atoms with Crippen LogP contribution in [0.3, 0.4) is 0 Å². The third kappa shape index (κ3) is 4.64. The molecule has 34 heavy (non-hydrogen) atoms. The van der Waals surface area contributed by atoms with Crippen LogP contribution in [0.15, 0.2) is 30.6 Å². The Kier molecular flexibility index (Phi) is 6.90. The minimum Gasteiger partial charge on any atom is -0.497 e. The number of benzene rings is 1. The van der Waals surface area contributed by atoms with Gasteiger partial charge >= 0.3 is 0 Å². The lowest BCUT2D eigenvalue weighted by Gasteiger charge is -2.42. The number of hydrogen-bond acceptors (Lipinski definition) is 5. The van der Waals surface area contributed by atoms with Crippen molar-refractivity contribution in [1.29, 1.82) is 0 Å². The minimum absolute atomic E-state index is 0.0846. The molecule has 1 atom stereocenters. The average Bonchev–Trinajstić information content (AvgIpc) is 3.27. The number of ether oxygens (including phenoxy) is 1. The van der Waals surface area contributed by atoms with Crippen LogP contribution in [0.5, 0.6) is 5.75 Å². The van der Waals surface area contributed by atoms with Crippen molar-refractivity contribution < 1.29 is 19.1 Å². The molecule has 1 saturated carbocycles. The van der Waals surface area contributed by atoms with E-state index in [-0.39, 0.29) is 35.8 Å². The first kappa shape index (κ1) is 23.8. The normalized spacial score (nSPS) is 20.6. The van der Waals surface area contributed by atoms with Crippen molar-refractivity contribution in [2.24, 2.45) is 0 Å². The summed E-state index contributed by atoms with van der Waals surface area (Å²) < 4.78 is 6.78. The van der Waals surface area contributed by atoms with Crippen molar-refractivity contribution in [3.63, 3.8) is 0 Å². The van der Waals surface area contributed by atoms with Gasteiger partial charge in [-0.2, -0.15) is 0 Å². The van der Waals surface area contributed by atoms with E-state index in [1.807, 2.05) is 24.3 Å². The highest BCUT2D eigenvalue weighted by Gasteiger charge is 2.47. The van der Waals surface area contributed by atoms with Crippen LogP contribution in [0.1, 0.15) is 65.6 Å². The number of rotatable bonds is 7. The van der Waals surface area contributed by atoms with E-state index in [4.69, 9.17) is 4.74 Å². The molecule has 0 spiro atoms. The van der Waals surface area contributed by atoms with Crippen molar-refractivity contribution in [2.75, 3.05) is 20.7 Å². The van der Waals surface area contributed by atoms with Crippen LogP contribution < -0.4 is 15.4 Å². The van der Waals surface area contributed by atoms with Crippen LogP contribution in [0.25, 0.3) is 0 Å². The van der Waals surface area contributed by atoms with E-state index in [1.165, 1.54) is 17.6 Å². The summed E-state index contributed by atoms with van der Waals surface area (Å²) in [5.74, 6) is -0.177. The molecule has 2 heterocycles. The third-order valence-corrected chi connectivity index (χ3v) is 7.07. The van der Waals surface area contributed by atoms with E-state index in [9.17, 15) is 14.4 Å². The first-order valence-corrected chi connectivity index (χ1v) is 11.9. The first-order valence-electron chi connectivity index (χ1n) is 11.9. The molecular formula is C25H33N5O4. The Bertz CT molecular complexity index is 1060. The summed E-state index contributed by atoms with van der Waals surface area (Å²) in [5, 5.41) is 5.99. The second kappa shape index (κ2) is 9.87. The third-order valence-electron chi connectivity index (χ3n) is 7.07. The Morgan fingerprint density at radius 2 is 1.88 bits per heavy atom. The van der Waals surface area contributed by atoms with E-state index in [2.05, 4.69) is 15.6 Å². The van der Waals surface area contributed by atoms with E-state index >= 15 is 0 Å². The summed E-state index contributed by atoms with van der Waals surface area (Å²) in [5.41, 5.74) is 0.307. The van der Waals surface area contributed by atoms with Gasteiger partial charge in [-0.05, 0) is 43.9 Å². The predicted octanol–water partition coefficient (Wildman–Crippen LogP) is 2.16. The lowest BCUT2D eigenvalue weighted by molar-refractivity contribution is -0.133. The SMILES string of the molecule is COc1ccc(CCNC(=O)c2ncn3c2C(=O)N(C)C(C)(C(=O)NC2CCCCC2)C3)cc1. The largest absolute Gasteiger partial charge is 0.497 e. The number of nitrogens with one attached hydrogen (secondary N) is 2. The molecule has 2 N–H and O–H groups in total. The Balaban J connectivity index is 1.42. The van der Waals surface area contributed by atoms with Crippen LogP contribution in [0.2, 0.25) is 0 Å². The Morgan fingerprint density at radius 3 is 2.56 bits per heavy atom. The van der Waals surface area contributed by atoms with Crippen molar-refractivity contribution in [1.82, 2.24) is 25.1 Å². The first-order chi connectivity index (χ1) is 16.3. The number of fused-ring (bicyclic) bond motifs is 1. The second-order valence-electron chi connectivity index (χ2n) is 9.37. The lowest BCUT2D eigenvalue weighted by Crippen LogP contribution is -2.63. The predicted molar refractivity (Wildman–Crippen MR) is 127 cm³/mol. The Morgan fingerprint density at radius 1 is 1.18 bits per heavy atom. The quantitative estimate of drug-likeness (QED) is 0.649. The van der Waals surface area contributed by atoms with Gasteiger partial charge in [0.1, 0.15) is 17.0 Å². The molecule has 2 aliphatic rings. The molecule has 1 unspecified atom stereocenters. The molecule has 0 saturated heterocycles. The zero-order valence-electron chi connectivity index (χ0n) is 20.1. The number of methoxy groups -OCH3 is 1. The van der Waals surface area contributed by atoms with Crippen molar-refractivity contribution in [3.8, 4) is 5.75 Å². The van der Waals surface area contributed by atoms with Crippen LogP contribution in [0.4, 0.5) is 0 Å². The number of likely N-dealkylation sites (N-methyl/N-ethyl adjacent to an activating group) is 1. The van der Waals surface area contributed by atoms with Crippen LogP contribution in [0, 0.1) is 0 Å². The molecule has 4 rings (SSSR count). The molecule has 1 fully saturated rings. The summed E-state index contributed by atoms with van der Waals surface area (Å²) in [4.78, 5) is 44.9. The monoisotopic (exact) mass is 467 g/mol. The highest BCUT2D eigenvalue weighted by molar-refractivity contribution is 6.07. The molecule has 0 radical (unpaired) electrons. The van der Waals surface area contributed by atoms with Gasteiger partial charge in [-0.15, -0.1) is 0 Å². The smallest absolute Gasteiger partial charge is 0.273 e. The van der Waals surface area contributed by atoms with Gasteiger partial charge < -0.3 is 24.8 Å². The van der Waals surface area contributed by atoms with Gasteiger partial charge in [0.25, 0.3) is 11.8 Å². The number of hydrogen-bond donors (Lipinski definition) is 2. The molecule has 9 nitrogen and oxygen atoms in total. The molecule has 0 bridgehead atoms. The number of carbonyl (C=O) groups is 3. The van der Waals surface area contributed by atoms with Crippen molar-refractivity contribution >= 4 is 17.7 Å². The van der Waals surface area contributed by atoms with Crippen molar-refractivity contribution in [2.45, 2.75) is 63.6 Å². The van der Waals surface area contributed by atoms with Crippen LogP contribution in [-0.4, -0.2) is 64.5 Å². The van der Waals surface area contributed by atoms with Crippen molar-refractivity contribution in [3.05, 3.63) is 47.5 Å². The van der Waals surface area contributed by atoms with Gasteiger partial charge in [0.05, 0.1) is 20.0 Å². The molecule has 1 aliphatic heterocycles. The summed E-state index contributed by atoms with van der Waals surface area (Å²) >= 11 is 0. The fraction of sp³-hybridized carbons (Fsp3) is 0.520. The molecule has 1 aliphatic carbocycles. The number of aromatic nitrogens is 2. The fourth-order valence-electron chi connectivity index (χ4n) is 4.72. The van der Waals surface area contributed by atoms with Gasteiger partial charge in [-0.1, -0.05) is 31.4 Å². The summed E-state index contributed by atoms with van der Waals surface area (Å²) in [7, 11) is 3.23. The van der Waals surface area contributed by atoms with Gasteiger partial charge in [0.15, 0.2) is 5.69 Å². The maximum Gasteiger partial charge on any atom is 0.273 e. The maximum atomic E-state index is 13.3. The van der Waals surface area contributed by atoms with Gasteiger partial charge in [-0.3, -0.25) is 14.4 Å². The van der Waals surface area contributed by atoms with Gasteiger partial charge in [-0.25, -0.2) is 4.98 Å². The summed E-state index contributed by atoms with van der Waals surface area (Å²) in [6.45, 7) is 2.42. The maximum absolute atomic E-state index is 13.3. The van der Waals surface area contributed by atoms with E-state index in [1.54, 1.807) is 25.6 Å². The molecule has 9 heteroatoms. The summed E-state index contributed by atoms with van der Waals surface area (Å²) in [6, 6.07) is 7.79. The zero-order chi connectivity index (χ0) is 24.3. The average molecular weight is 468 g/mol. The number of imidazole rings is 1. The number of nitrogens with zero attached hydrogens (tertiary/aromatic N) is 3. The fourth-order valence-corrected chi connectivity index (χ4v) is 4.72. The Hall–Kier alpha value is -3.36. The van der Waals surface area contributed by atoms with Gasteiger partial charge in [0, 0.05) is 19.6 Å². The van der Waals surface area contributed by atoms with E-state index in [0.717, 1.165) is 37.0 Å². The molecule has 2 aromatic rings. The summed E-state index contributed by atoms with van der Waals surface area (Å²) in [6.07, 6.45) is 7.47. The molecular weight excluding hydrogens is 434 g/mol. The molecule has 182 valence electrons. The molecule has 1 aromatic carbocycles. The molecule has 3 amide bonds. The van der Waals surface area contributed by atoms with Gasteiger partial charge in [0.2, 0.25) is 5.91 Å². The minimum atomic E-state index is -1.05. The zero-order valence-corrected chi connectivity index (χ0v) is 20.1. The standard InChI is InChI=1S/C25H33N5O4/c1-25(24(33)28-18-7-5-4-6-8-18)15-30-16-27-20(21(30)23(32)29(25)2)22(31)26-14-13-17-9-11-19(34-3)12-10-17/h9-12,16,18H,4-8,13-15H2,1-3H3,(H,26,31)(H,28,33). The highest BCUT2D eigenvalue weighted by atomic mass is 16.5. The van der Waals surface area contributed by atoms with E-state index in [0.29, 0.717) is 13.0 Å². The lowest BCUT2D eigenvalue weighted by atomic mass is 9.91. The number of carbonyl (C=O) groups excluding carboxylic acids is 3.